The Morgan fingerprint density at radius 1 is 1.06 bits per heavy atom. The number of allylic oxidation sites excluding steroid dienone is 2. The largest absolute Gasteiger partial charge is 0.454 e. The average Bonchev–Trinajstić information content (AvgIpc) is 3.50. The molecule has 1 aliphatic carbocycles. The van der Waals surface area contributed by atoms with E-state index in [4.69, 9.17) is 9.47 Å². The van der Waals surface area contributed by atoms with Crippen molar-refractivity contribution < 1.29 is 19.1 Å². The second-order valence-electron chi connectivity index (χ2n) is 8.92. The van der Waals surface area contributed by atoms with Crippen LogP contribution in [-0.2, 0) is 23.2 Å². The highest BCUT2D eigenvalue weighted by Crippen LogP contribution is 2.36. The van der Waals surface area contributed by atoms with Crippen LogP contribution in [0, 0.1) is 11.8 Å². The highest BCUT2D eigenvalue weighted by atomic mass is 16.7. The number of aromatic nitrogens is 2. The number of carbonyl (C=O) groups is 2. The number of ether oxygens (including phenoxy) is 2. The normalized spacial score (nSPS) is 18.3. The number of benzene rings is 2. The lowest BCUT2D eigenvalue weighted by Gasteiger charge is -2.30. The fourth-order valence-corrected chi connectivity index (χ4v) is 4.65. The summed E-state index contributed by atoms with van der Waals surface area (Å²) < 4.78 is 12.7. The summed E-state index contributed by atoms with van der Waals surface area (Å²) in [5.74, 6) is 0.720. The summed E-state index contributed by atoms with van der Waals surface area (Å²) in [6.45, 7) is 0.716. The highest BCUT2D eigenvalue weighted by Gasteiger charge is 2.36. The molecule has 3 aromatic rings. The van der Waals surface area contributed by atoms with Gasteiger partial charge in [-0.1, -0.05) is 42.5 Å². The molecule has 1 aromatic heterocycles. The summed E-state index contributed by atoms with van der Waals surface area (Å²) in [6, 6.07) is 15.5. The quantitative estimate of drug-likeness (QED) is 0.548. The molecular formula is C27H28N4O4. The number of amides is 2. The van der Waals surface area contributed by atoms with Crippen molar-refractivity contribution in [3.05, 3.63) is 72.4 Å². The first-order valence-electron chi connectivity index (χ1n) is 11.7. The van der Waals surface area contributed by atoms with E-state index in [-0.39, 0.29) is 18.6 Å². The molecule has 8 heteroatoms. The number of nitrogens with zero attached hydrogens (tertiary/aromatic N) is 3. The first kappa shape index (κ1) is 22.7. The highest BCUT2D eigenvalue weighted by molar-refractivity contribution is 5.95. The fourth-order valence-electron chi connectivity index (χ4n) is 4.65. The van der Waals surface area contributed by atoms with Gasteiger partial charge in [-0.25, -0.2) is 4.98 Å². The molecule has 2 amide bonds. The Labute approximate surface area is 204 Å². The molecule has 0 saturated heterocycles. The van der Waals surface area contributed by atoms with Gasteiger partial charge in [0, 0.05) is 26.2 Å². The molecule has 35 heavy (non-hydrogen) atoms. The van der Waals surface area contributed by atoms with Crippen LogP contribution in [0.5, 0.6) is 11.5 Å². The van der Waals surface area contributed by atoms with Crippen LogP contribution >= 0.6 is 0 Å². The first-order chi connectivity index (χ1) is 17.0. The second-order valence-corrected chi connectivity index (χ2v) is 8.92. The zero-order valence-electron chi connectivity index (χ0n) is 19.8. The van der Waals surface area contributed by atoms with Gasteiger partial charge in [-0.2, -0.15) is 0 Å². The van der Waals surface area contributed by atoms with Gasteiger partial charge < -0.3 is 18.9 Å². The SMILES string of the molecule is CN(Cc1ccccc1)C(=O)[C@@H]1CC=CC[C@H]1C(=O)Nc1ncc(-c2ccc3c(c2)OCO3)n1C. The summed E-state index contributed by atoms with van der Waals surface area (Å²) in [4.78, 5) is 32.7. The van der Waals surface area contributed by atoms with E-state index in [2.05, 4.69) is 10.3 Å². The van der Waals surface area contributed by atoms with Crippen LogP contribution in [0.1, 0.15) is 18.4 Å². The van der Waals surface area contributed by atoms with Gasteiger partial charge in [0.1, 0.15) is 0 Å². The van der Waals surface area contributed by atoms with E-state index in [1.165, 1.54) is 0 Å². The molecule has 0 radical (unpaired) electrons. The van der Waals surface area contributed by atoms with Gasteiger partial charge in [-0.15, -0.1) is 0 Å². The molecule has 2 aliphatic rings. The smallest absolute Gasteiger partial charge is 0.231 e. The molecule has 1 aliphatic heterocycles. The molecule has 5 rings (SSSR count). The summed E-state index contributed by atoms with van der Waals surface area (Å²) in [7, 11) is 3.64. The molecular weight excluding hydrogens is 444 g/mol. The van der Waals surface area contributed by atoms with E-state index < -0.39 is 11.8 Å². The zero-order valence-corrected chi connectivity index (χ0v) is 19.8. The van der Waals surface area contributed by atoms with Gasteiger partial charge in [0.05, 0.1) is 23.7 Å². The van der Waals surface area contributed by atoms with Crippen molar-refractivity contribution in [2.24, 2.45) is 18.9 Å². The number of anilines is 1. The number of nitrogens with one attached hydrogen (secondary N) is 1. The van der Waals surface area contributed by atoms with E-state index in [1.54, 1.807) is 18.1 Å². The molecule has 2 aromatic carbocycles. The molecule has 2 heterocycles. The number of carbonyl (C=O) groups excluding carboxylic acids is 2. The van der Waals surface area contributed by atoms with Gasteiger partial charge in [-0.05, 0) is 36.6 Å². The third kappa shape index (κ3) is 4.64. The van der Waals surface area contributed by atoms with E-state index in [0.717, 1.165) is 16.8 Å². The lowest BCUT2D eigenvalue weighted by molar-refractivity contribution is -0.140. The number of hydrogen-bond acceptors (Lipinski definition) is 5. The van der Waals surface area contributed by atoms with Crippen molar-refractivity contribution in [2.75, 3.05) is 19.2 Å². The van der Waals surface area contributed by atoms with Crippen LogP contribution in [0.3, 0.4) is 0 Å². The molecule has 0 unspecified atom stereocenters. The van der Waals surface area contributed by atoms with Crippen LogP contribution < -0.4 is 14.8 Å². The van der Waals surface area contributed by atoms with Crippen molar-refractivity contribution in [1.29, 1.82) is 0 Å². The molecule has 2 atom stereocenters. The predicted octanol–water partition coefficient (Wildman–Crippen LogP) is 4.00. The van der Waals surface area contributed by atoms with Gasteiger partial charge in [0.15, 0.2) is 11.5 Å². The summed E-state index contributed by atoms with van der Waals surface area (Å²) >= 11 is 0. The second kappa shape index (κ2) is 9.66. The Morgan fingerprint density at radius 3 is 2.60 bits per heavy atom. The standard InChI is InChI=1S/C27H28N4O4/c1-30(16-18-8-4-3-5-9-18)26(33)21-11-7-6-10-20(21)25(32)29-27-28-15-22(31(27)2)19-12-13-23-24(14-19)35-17-34-23/h3-9,12-15,20-21H,10-11,16-17H2,1-2H3,(H,28,29,32)/t20-,21-/m1/s1. The van der Waals surface area contributed by atoms with Crippen LogP contribution in [0.4, 0.5) is 5.95 Å². The van der Waals surface area contributed by atoms with Gasteiger partial charge in [0.25, 0.3) is 0 Å². The molecule has 0 spiro atoms. The first-order valence-corrected chi connectivity index (χ1v) is 11.7. The van der Waals surface area contributed by atoms with E-state index in [0.29, 0.717) is 36.8 Å². The predicted molar refractivity (Wildman–Crippen MR) is 132 cm³/mol. The Balaban J connectivity index is 1.29. The van der Waals surface area contributed by atoms with Gasteiger partial charge in [-0.3, -0.25) is 14.9 Å². The third-order valence-electron chi connectivity index (χ3n) is 6.62. The third-order valence-corrected chi connectivity index (χ3v) is 6.62. The van der Waals surface area contributed by atoms with Crippen LogP contribution in [0.15, 0.2) is 66.9 Å². The van der Waals surface area contributed by atoms with Crippen molar-refractivity contribution in [3.63, 3.8) is 0 Å². The molecule has 0 saturated carbocycles. The van der Waals surface area contributed by atoms with Crippen molar-refractivity contribution >= 4 is 17.8 Å². The van der Waals surface area contributed by atoms with E-state index in [1.807, 2.05) is 72.3 Å². The average molecular weight is 473 g/mol. The monoisotopic (exact) mass is 472 g/mol. The minimum Gasteiger partial charge on any atom is -0.454 e. The van der Waals surface area contributed by atoms with Gasteiger partial charge >= 0.3 is 0 Å². The molecule has 180 valence electrons. The Morgan fingerprint density at radius 2 is 1.80 bits per heavy atom. The Bertz CT molecular complexity index is 1270. The summed E-state index contributed by atoms with van der Waals surface area (Å²) in [6.07, 6.45) is 6.73. The lowest BCUT2D eigenvalue weighted by Crippen LogP contribution is -2.41. The minimum atomic E-state index is -0.462. The van der Waals surface area contributed by atoms with Gasteiger partial charge in [0.2, 0.25) is 24.6 Å². The zero-order chi connectivity index (χ0) is 24.4. The van der Waals surface area contributed by atoms with E-state index in [9.17, 15) is 9.59 Å². The Hall–Kier alpha value is -4.07. The number of rotatable bonds is 6. The topological polar surface area (TPSA) is 85.7 Å². The Kier molecular flexibility index (Phi) is 6.27. The molecule has 1 N–H and O–H groups in total. The number of hydrogen-bond donors (Lipinski definition) is 1. The minimum absolute atomic E-state index is 0.0285. The van der Waals surface area contributed by atoms with Crippen molar-refractivity contribution in [3.8, 4) is 22.8 Å². The summed E-state index contributed by atoms with van der Waals surface area (Å²) in [5.41, 5.74) is 2.79. The lowest BCUT2D eigenvalue weighted by atomic mass is 9.81. The maximum atomic E-state index is 13.3. The van der Waals surface area contributed by atoms with E-state index >= 15 is 0 Å². The van der Waals surface area contributed by atoms with Crippen LogP contribution in [0.2, 0.25) is 0 Å². The van der Waals surface area contributed by atoms with Crippen LogP contribution in [0.25, 0.3) is 11.3 Å². The molecule has 0 fully saturated rings. The number of fused-ring (bicyclic) bond motifs is 1. The van der Waals surface area contributed by atoms with Crippen LogP contribution in [-0.4, -0.2) is 40.1 Å². The van der Waals surface area contributed by atoms with Crippen molar-refractivity contribution in [1.82, 2.24) is 14.5 Å². The van der Waals surface area contributed by atoms with Crippen molar-refractivity contribution in [2.45, 2.75) is 19.4 Å². The fraction of sp³-hybridized carbons (Fsp3) is 0.296. The summed E-state index contributed by atoms with van der Waals surface area (Å²) in [5, 5.41) is 2.95. The maximum Gasteiger partial charge on any atom is 0.231 e. The maximum absolute atomic E-state index is 13.3. The molecule has 0 bridgehead atoms. The number of imidazole rings is 1. The molecule has 8 nitrogen and oxygen atoms in total.